The van der Waals surface area contributed by atoms with Crippen molar-refractivity contribution in [1.29, 1.82) is 0 Å². The highest BCUT2D eigenvalue weighted by molar-refractivity contribution is 5.94. The predicted octanol–water partition coefficient (Wildman–Crippen LogP) is 2.80. The lowest BCUT2D eigenvalue weighted by atomic mass is 10.1. The Morgan fingerprint density at radius 1 is 1.07 bits per heavy atom. The lowest BCUT2D eigenvalue weighted by molar-refractivity contribution is -0.163. The molecule has 1 aromatic carbocycles. The summed E-state index contributed by atoms with van der Waals surface area (Å²) in [4.78, 5) is 42.4. The van der Waals surface area contributed by atoms with Gasteiger partial charge in [0.15, 0.2) is 5.92 Å². The van der Waals surface area contributed by atoms with Crippen LogP contribution < -0.4 is 5.90 Å². The maximum Gasteiger partial charge on any atom is 0.410 e. The van der Waals surface area contributed by atoms with Crippen LogP contribution in [0.5, 0.6) is 0 Å². The van der Waals surface area contributed by atoms with Gasteiger partial charge in [-0.25, -0.2) is 9.59 Å². The number of benzene rings is 1. The fourth-order valence-electron chi connectivity index (χ4n) is 2.39. The second kappa shape index (κ2) is 10.7. The molecule has 1 amide bonds. The number of nitrogens with zero attached hydrogens (tertiary/aromatic N) is 1. The van der Waals surface area contributed by atoms with Crippen LogP contribution in [0.25, 0.3) is 0 Å². The van der Waals surface area contributed by atoms with E-state index in [1.165, 1.54) is 4.90 Å². The number of carbonyl (C=O) groups is 3. The van der Waals surface area contributed by atoms with Crippen molar-refractivity contribution in [1.82, 2.24) is 4.90 Å². The largest absolute Gasteiger partial charge is 0.460 e. The van der Waals surface area contributed by atoms with Crippen LogP contribution >= 0.6 is 0 Å². The van der Waals surface area contributed by atoms with Crippen LogP contribution in [0.15, 0.2) is 30.3 Å². The zero-order chi connectivity index (χ0) is 21.3. The maximum atomic E-state index is 12.4. The summed E-state index contributed by atoms with van der Waals surface area (Å²) in [5, 5.41) is 0. The molecule has 1 rings (SSSR count). The van der Waals surface area contributed by atoms with Gasteiger partial charge in [0.1, 0.15) is 12.2 Å². The fraction of sp³-hybridized carbons (Fsp3) is 0.550. The molecule has 0 heterocycles. The van der Waals surface area contributed by atoms with Gasteiger partial charge in [-0.1, -0.05) is 30.3 Å². The third-order valence-electron chi connectivity index (χ3n) is 3.82. The van der Waals surface area contributed by atoms with Crippen molar-refractivity contribution >= 4 is 18.0 Å². The van der Waals surface area contributed by atoms with E-state index in [1.54, 1.807) is 32.9 Å². The molecule has 1 aromatic rings. The molecule has 28 heavy (non-hydrogen) atoms. The first-order valence-electron chi connectivity index (χ1n) is 9.16. The van der Waals surface area contributed by atoms with Crippen molar-refractivity contribution in [3.8, 4) is 0 Å². The van der Waals surface area contributed by atoms with Crippen LogP contribution in [0.2, 0.25) is 0 Å². The molecule has 0 aliphatic carbocycles. The summed E-state index contributed by atoms with van der Waals surface area (Å²) in [6, 6.07) is 8.88. The molecule has 8 nitrogen and oxygen atoms in total. The van der Waals surface area contributed by atoms with E-state index in [1.807, 2.05) is 32.0 Å². The summed E-state index contributed by atoms with van der Waals surface area (Å²) >= 11 is 0. The fourth-order valence-corrected chi connectivity index (χ4v) is 2.39. The average molecular weight is 394 g/mol. The van der Waals surface area contributed by atoms with Gasteiger partial charge in [0.25, 0.3) is 0 Å². The van der Waals surface area contributed by atoms with Gasteiger partial charge >= 0.3 is 18.0 Å². The van der Waals surface area contributed by atoms with Gasteiger partial charge in [-0.2, -0.15) is 5.90 Å². The molecular weight excluding hydrogens is 364 g/mol. The lowest BCUT2D eigenvalue weighted by Gasteiger charge is -2.30. The molecule has 0 bridgehead atoms. The van der Waals surface area contributed by atoms with E-state index in [0.29, 0.717) is 0 Å². The minimum Gasteiger partial charge on any atom is -0.460 e. The van der Waals surface area contributed by atoms with Crippen molar-refractivity contribution in [3.63, 3.8) is 0 Å². The van der Waals surface area contributed by atoms with Crippen LogP contribution in [-0.4, -0.2) is 41.1 Å². The Hall–Kier alpha value is -2.61. The van der Waals surface area contributed by atoms with Crippen LogP contribution in [0.3, 0.4) is 0 Å². The number of carbonyl (C=O) groups excluding carboxylic acids is 3. The molecule has 0 aliphatic rings. The number of nitrogens with two attached hydrogens (primary N) is 1. The van der Waals surface area contributed by atoms with E-state index >= 15 is 0 Å². The SMILES string of the molecule is CC(C)N(CC[C@H](C(=O)ON)C(=O)OCc1ccccc1)C(=O)OC(C)(C)C. The molecule has 0 fully saturated rings. The second-order valence-electron chi connectivity index (χ2n) is 7.64. The highest BCUT2D eigenvalue weighted by Gasteiger charge is 2.32. The summed E-state index contributed by atoms with van der Waals surface area (Å²) in [5.41, 5.74) is 0.127. The minimum atomic E-state index is -1.24. The topological polar surface area (TPSA) is 108 Å². The van der Waals surface area contributed by atoms with Crippen LogP contribution in [0.4, 0.5) is 4.79 Å². The van der Waals surface area contributed by atoms with Crippen molar-refractivity contribution < 1.29 is 28.7 Å². The number of ether oxygens (including phenoxy) is 2. The monoisotopic (exact) mass is 394 g/mol. The summed E-state index contributed by atoms with van der Waals surface area (Å²) in [6.07, 6.45) is -0.527. The molecule has 2 N–H and O–H groups in total. The molecule has 0 saturated heterocycles. The third-order valence-corrected chi connectivity index (χ3v) is 3.82. The van der Waals surface area contributed by atoms with E-state index in [9.17, 15) is 14.4 Å². The Morgan fingerprint density at radius 3 is 2.18 bits per heavy atom. The number of hydrogen-bond acceptors (Lipinski definition) is 7. The highest BCUT2D eigenvalue weighted by atomic mass is 16.7. The van der Waals surface area contributed by atoms with Crippen LogP contribution in [0.1, 0.15) is 46.6 Å². The number of rotatable bonds is 8. The molecule has 0 aromatic heterocycles. The number of hydrogen-bond donors (Lipinski definition) is 1. The average Bonchev–Trinajstić information content (AvgIpc) is 2.61. The molecule has 1 atom stereocenters. The Kier molecular flexibility index (Phi) is 8.91. The van der Waals surface area contributed by atoms with Crippen molar-refractivity contribution in [2.75, 3.05) is 6.54 Å². The molecule has 8 heteroatoms. The summed E-state index contributed by atoms with van der Waals surface area (Å²) in [5.74, 6) is 2.06. The standard InChI is InChI=1S/C20H30N2O6/c1-14(2)22(19(25)27-20(3,4)5)12-11-16(18(24)28-21)17(23)26-13-15-9-7-6-8-10-15/h6-10,14,16H,11-13,21H2,1-5H3/t16-/m0/s1. The van der Waals surface area contributed by atoms with Gasteiger partial charge in [0.05, 0.1) is 0 Å². The predicted molar refractivity (Wildman–Crippen MR) is 103 cm³/mol. The first-order chi connectivity index (χ1) is 13.0. The normalized spacial score (nSPS) is 12.2. The smallest absolute Gasteiger partial charge is 0.410 e. The van der Waals surface area contributed by atoms with Crippen molar-refractivity contribution in [2.45, 2.75) is 59.3 Å². The second-order valence-corrected chi connectivity index (χ2v) is 7.64. The first-order valence-corrected chi connectivity index (χ1v) is 9.16. The van der Waals surface area contributed by atoms with E-state index in [0.717, 1.165) is 5.56 Å². The van der Waals surface area contributed by atoms with Gasteiger partial charge in [-0.15, -0.1) is 0 Å². The summed E-state index contributed by atoms with van der Waals surface area (Å²) in [6.45, 7) is 9.04. The Bertz CT molecular complexity index is 654. The van der Waals surface area contributed by atoms with Gasteiger partial charge in [-0.05, 0) is 46.6 Å². The molecule has 0 aliphatic heterocycles. The van der Waals surface area contributed by atoms with E-state index in [4.69, 9.17) is 15.4 Å². The van der Waals surface area contributed by atoms with E-state index in [2.05, 4.69) is 4.84 Å². The third kappa shape index (κ3) is 7.96. The molecule has 0 radical (unpaired) electrons. The molecule has 0 unspecified atom stereocenters. The zero-order valence-corrected chi connectivity index (χ0v) is 17.1. The van der Waals surface area contributed by atoms with Gasteiger partial charge in [0, 0.05) is 12.6 Å². The van der Waals surface area contributed by atoms with Gasteiger partial charge < -0.3 is 19.2 Å². The number of esters is 1. The molecule has 0 saturated carbocycles. The van der Waals surface area contributed by atoms with Crippen LogP contribution in [-0.2, 0) is 30.5 Å². The quantitative estimate of drug-likeness (QED) is 0.410. The van der Waals surface area contributed by atoms with E-state index < -0.39 is 29.6 Å². The van der Waals surface area contributed by atoms with E-state index in [-0.39, 0.29) is 25.6 Å². The summed E-state index contributed by atoms with van der Waals surface area (Å²) < 4.78 is 10.6. The Morgan fingerprint density at radius 2 is 1.68 bits per heavy atom. The lowest BCUT2D eigenvalue weighted by Crippen LogP contribution is -2.43. The van der Waals surface area contributed by atoms with Crippen LogP contribution in [0, 0.1) is 5.92 Å². The minimum absolute atomic E-state index is 0.00107. The summed E-state index contributed by atoms with van der Waals surface area (Å²) in [7, 11) is 0. The molecular formula is C20H30N2O6. The molecule has 0 spiro atoms. The van der Waals surface area contributed by atoms with Crippen molar-refractivity contribution in [2.24, 2.45) is 11.8 Å². The molecule has 156 valence electrons. The Labute approximate surface area is 165 Å². The maximum absolute atomic E-state index is 12.4. The Balaban J connectivity index is 2.76. The zero-order valence-electron chi connectivity index (χ0n) is 17.1. The van der Waals surface area contributed by atoms with Gasteiger partial charge in [0.2, 0.25) is 0 Å². The van der Waals surface area contributed by atoms with Gasteiger partial charge in [-0.3, -0.25) is 4.79 Å². The van der Waals surface area contributed by atoms with Crippen molar-refractivity contribution in [3.05, 3.63) is 35.9 Å². The number of amides is 1. The first kappa shape index (κ1) is 23.4. The highest BCUT2D eigenvalue weighted by Crippen LogP contribution is 2.16.